The number of methoxy groups -OCH3 is 1. The van der Waals surface area contributed by atoms with E-state index in [1.165, 1.54) is 26.4 Å². The van der Waals surface area contributed by atoms with Crippen molar-refractivity contribution in [2.75, 3.05) is 17.7 Å². The average molecular weight is 390 g/mol. The second-order valence-corrected chi connectivity index (χ2v) is 6.07. The lowest BCUT2D eigenvalue weighted by Gasteiger charge is -2.08. The molecule has 8 nitrogen and oxygen atoms in total. The van der Waals surface area contributed by atoms with Crippen LogP contribution in [0.25, 0.3) is 0 Å². The Morgan fingerprint density at radius 2 is 1.48 bits per heavy atom. The lowest BCUT2D eigenvalue weighted by Crippen LogP contribution is -2.14. The van der Waals surface area contributed by atoms with Gasteiger partial charge in [-0.2, -0.15) is 0 Å². The second-order valence-electron chi connectivity index (χ2n) is 6.07. The van der Waals surface area contributed by atoms with Gasteiger partial charge in [-0.1, -0.05) is 0 Å². The van der Waals surface area contributed by atoms with E-state index in [4.69, 9.17) is 0 Å². The first-order valence-corrected chi connectivity index (χ1v) is 8.66. The minimum atomic E-state index is -0.422. The number of hydrogen-bond acceptors (Lipinski definition) is 7. The molecule has 1 amide bonds. The van der Waals surface area contributed by atoms with Crippen LogP contribution >= 0.6 is 0 Å². The van der Waals surface area contributed by atoms with Crippen LogP contribution in [-0.2, 0) is 4.74 Å². The first kappa shape index (κ1) is 19.7. The van der Waals surface area contributed by atoms with E-state index in [-0.39, 0.29) is 11.5 Å². The molecule has 0 aliphatic heterocycles. The first-order valence-electron chi connectivity index (χ1n) is 8.66. The smallest absolute Gasteiger partial charge is 0.337 e. The zero-order valence-electron chi connectivity index (χ0n) is 15.8. The number of anilines is 3. The van der Waals surface area contributed by atoms with Gasteiger partial charge in [-0.05, 0) is 55.5 Å². The molecule has 0 spiro atoms. The molecule has 1 heterocycles. The Morgan fingerprint density at radius 1 is 0.862 bits per heavy atom. The fraction of sp³-hybridized carbons (Fsp3) is 0.0952. The first-order chi connectivity index (χ1) is 14.0. The van der Waals surface area contributed by atoms with Crippen LogP contribution in [0.2, 0.25) is 0 Å². The van der Waals surface area contributed by atoms with Crippen molar-refractivity contribution < 1.29 is 19.1 Å². The molecule has 0 bridgehead atoms. The molecule has 0 saturated carbocycles. The summed E-state index contributed by atoms with van der Waals surface area (Å²) in [4.78, 5) is 43.3. The van der Waals surface area contributed by atoms with Gasteiger partial charge < -0.3 is 15.4 Å². The highest BCUT2D eigenvalue weighted by Gasteiger charge is 2.10. The molecule has 8 heteroatoms. The Morgan fingerprint density at radius 3 is 2.10 bits per heavy atom. The summed E-state index contributed by atoms with van der Waals surface area (Å²) in [5, 5.41) is 5.77. The number of ether oxygens (including phenoxy) is 1. The van der Waals surface area contributed by atoms with E-state index in [0.717, 1.165) is 0 Å². The van der Waals surface area contributed by atoms with Crippen molar-refractivity contribution >= 4 is 34.9 Å². The molecule has 0 unspecified atom stereocenters. The summed E-state index contributed by atoms with van der Waals surface area (Å²) >= 11 is 0. The maximum Gasteiger partial charge on any atom is 0.337 e. The number of benzene rings is 2. The third-order valence-corrected chi connectivity index (χ3v) is 4.03. The lowest BCUT2D eigenvalue weighted by molar-refractivity contribution is 0.0600. The quantitative estimate of drug-likeness (QED) is 0.490. The van der Waals surface area contributed by atoms with Gasteiger partial charge in [0.05, 0.1) is 12.7 Å². The van der Waals surface area contributed by atoms with Crippen LogP contribution in [0.4, 0.5) is 17.2 Å². The van der Waals surface area contributed by atoms with Gasteiger partial charge in [-0.15, -0.1) is 0 Å². The van der Waals surface area contributed by atoms with Crippen LogP contribution < -0.4 is 10.6 Å². The number of Topliss-reactive ketones (excluding diaryl/α,β-unsaturated/α-hetero) is 1. The minimum absolute atomic E-state index is 0.0472. The fourth-order valence-corrected chi connectivity index (χ4v) is 2.49. The van der Waals surface area contributed by atoms with Gasteiger partial charge in [-0.3, -0.25) is 9.59 Å². The zero-order chi connectivity index (χ0) is 20.8. The Kier molecular flexibility index (Phi) is 5.94. The lowest BCUT2D eigenvalue weighted by atomic mass is 10.1. The number of esters is 1. The molecule has 0 aliphatic carbocycles. The molecule has 0 radical (unpaired) electrons. The monoisotopic (exact) mass is 390 g/mol. The molecule has 2 N–H and O–H groups in total. The Balaban J connectivity index is 1.69. The van der Waals surface area contributed by atoms with Crippen molar-refractivity contribution in [3.63, 3.8) is 0 Å². The van der Waals surface area contributed by atoms with E-state index in [0.29, 0.717) is 28.3 Å². The van der Waals surface area contributed by atoms with Crippen molar-refractivity contribution in [3.8, 4) is 0 Å². The predicted molar refractivity (Wildman–Crippen MR) is 107 cm³/mol. The Bertz CT molecular complexity index is 1050. The molecule has 0 fully saturated rings. The molecular weight excluding hydrogens is 372 g/mol. The number of ketones is 1. The van der Waals surface area contributed by atoms with E-state index in [9.17, 15) is 14.4 Å². The number of carbonyl (C=O) groups is 3. The van der Waals surface area contributed by atoms with Crippen LogP contribution in [0.5, 0.6) is 0 Å². The van der Waals surface area contributed by atoms with Crippen molar-refractivity contribution in [1.29, 1.82) is 0 Å². The maximum atomic E-state index is 12.4. The summed E-state index contributed by atoms with van der Waals surface area (Å²) in [6.45, 7) is 1.48. The number of aromatic nitrogens is 2. The number of rotatable bonds is 6. The summed E-state index contributed by atoms with van der Waals surface area (Å²) in [6, 6.07) is 14.7. The molecule has 29 heavy (non-hydrogen) atoms. The SMILES string of the molecule is COC(=O)c1ccc(Nc2cc(C(=O)Nc3ccc(C(C)=O)cc3)ncn2)cc1. The molecule has 146 valence electrons. The molecule has 1 aromatic heterocycles. The van der Waals surface area contributed by atoms with Gasteiger partial charge in [-0.25, -0.2) is 14.8 Å². The molecule has 0 aliphatic rings. The topological polar surface area (TPSA) is 110 Å². The highest BCUT2D eigenvalue weighted by atomic mass is 16.5. The van der Waals surface area contributed by atoms with Gasteiger partial charge in [0.2, 0.25) is 0 Å². The largest absolute Gasteiger partial charge is 0.465 e. The molecule has 3 aromatic rings. The Hall–Kier alpha value is -4.07. The average Bonchev–Trinajstić information content (AvgIpc) is 2.74. The highest BCUT2D eigenvalue weighted by molar-refractivity contribution is 6.03. The van der Waals surface area contributed by atoms with Gasteiger partial charge in [0, 0.05) is 23.0 Å². The molecule has 2 aromatic carbocycles. The van der Waals surface area contributed by atoms with Gasteiger partial charge >= 0.3 is 5.97 Å². The Labute approximate surface area is 167 Å². The summed E-state index contributed by atoms with van der Waals surface area (Å²) in [6.07, 6.45) is 1.28. The van der Waals surface area contributed by atoms with Crippen molar-refractivity contribution in [3.05, 3.63) is 77.7 Å². The zero-order valence-corrected chi connectivity index (χ0v) is 15.8. The number of nitrogens with one attached hydrogen (secondary N) is 2. The van der Waals surface area contributed by atoms with Crippen molar-refractivity contribution in [1.82, 2.24) is 9.97 Å². The summed E-state index contributed by atoms with van der Waals surface area (Å²) in [5.74, 6) is -0.460. The van der Waals surface area contributed by atoms with E-state index in [2.05, 4.69) is 25.3 Å². The number of hydrogen-bond donors (Lipinski definition) is 2. The number of carbonyl (C=O) groups excluding carboxylic acids is 3. The third-order valence-electron chi connectivity index (χ3n) is 4.03. The summed E-state index contributed by atoms with van der Waals surface area (Å²) in [7, 11) is 1.32. The van der Waals surface area contributed by atoms with E-state index < -0.39 is 11.9 Å². The van der Waals surface area contributed by atoms with Crippen molar-refractivity contribution in [2.45, 2.75) is 6.92 Å². The van der Waals surface area contributed by atoms with Gasteiger partial charge in [0.1, 0.15) is 17.8 Å². The van der Waals surface area contributed by atoms with Crippen LogP contribution in [0.3, 0.4) is 0 Å². The van der Waals surface area contributed by atoms with Crippen LogP contribution in [0, 0.1) is 0 Å². The number of nitrogens with zero attached hydrogens (tertiary/aromatic N) is 2. The molecular formula is C21H18N4O4. The fourth-order valence-electron chi connectivity index (χ4n) is 2.49. The minimum Gasteiger partial charge on any atom is -0.465 e. The standard InChI is InChI=1S/C21H18N4O4/c1-13(26)14-3-7-17(8-4-14)25-20(27)18-11-19(23-12-22-18)24-16-9-5-15(6-10-16)21(28)29-2/h3-12H,1-2H3,(H,25,27)(H,22,23,24). The van der Waals surface area contributed by atoms with Crippen LogP contribution in [-0.4, -0.2) is 34.7 Å². The van der Waals surface area contributed by atoms with E-state index >= 15 is 0 Å². The van der Waals surface area contributed by atoms with Crippen LogP contribution in [0.1, 0.15) is 38.1 Å². The normalized spacial score (nSPS) is 10.1. The highest BCUT2D eigenvalue weighted by Crippen LogP contribution is 2.17. The maximum absolute atomic E-state index is 12.4. The third kappa shape index (κ3) is 5.01. The van der Waals surface area contributed by atoms with Gasteiger partial charge in [0.15, 0.2) is 5.78 Å². The van der Waals surface area contributed by atoms with Crippen molar-refractivity contribution in [2.24, 2.45) is 0 Å². The molecule has 0 saturated heterocycles. The summed E-state index contributed by atoms with van der Waals surface area (Å²) < 4.78 is 4.66. The van der Waals surface area contributed by atoms with E-state index in [1.807, 2.05) is 0 Å². The second kappa shape index (κ2) is 8.75. The predicted octanol–water partition coefficient (Wildman–Crippen LogP) is 3.46. The van der Waals surface area contributed by atoms with Crippen LogP contribution in [0.15, 0.2) is 60.9 Å². The summed E-state index contributed by atoms with van der Waals surface area (Å²) in [5.41, 5.74) is 2.39. The van der Waals surface area contributed by atoms with Gasteiger partial charge in [0.25, 0.3) is 5.91 Å². The van der Waals surface area contributed by atoms with E-state index in [1.54, 1.807) is 48.5 Å². The number of amides is 1. The molecule has 3 rings (SSSR count). The molecule has 0 atom stereocenters.